The van der Waals surface area contributed by atoms with E-state index < -0.39 is 0 Å². The van der Waals surface area contributed by atoms with Crippen molar-refractivity contribution in [3.05, 3.63) is 23.8 Å². The van der Waals surface area contributed by atoms with Crippen LogP contribution >= 0.6 is 0 Å². The van der Waals surface area contributed by atoms with Crippen molar-refractivity contribution in [3.8, 4) is 0 Å². The second-order valence-corrected chi connectivity index (χ2v) is 6.22. The number of piperazine rings is 1. The Hall–Kier alpha value is -1.55. The summed E-state index contributed by atoms with van der Waals surface area (Å²) < 4.78 is 0. The topological polar surface area (TPSA) is 35.6 Å². The average Bonchev–Trinajstić information content (AvgIpc) is 2.54. The molecule has 1 fully saturated rings. The second kappa shape index (κ2) is 7.63. The monoisotopic (exact) mass is 303 g/mol. The summed E-state index contributed by atoms with van der Waals surface area (Å²) in [6.07, 6.45) is 0.866. The van der Waals surface area contributed by atoms with E-state index in [1.165, 1.54) is 11.3 Å². The number of rotatable bonds is 5. The van der Waals surface area contributed by atoms with Gasteiger partial charge in [-0.2, -0.15) is 0 Å². The summed E-state index contributed by atoms with van der Waals surface area (Å²) in [4.78, 5) is 16.9. The Morgan fingerprint density at radius 1 is 1.23 bits per heavy atom. The molecule has 1 aliphatic heterocycles. The third-order valence-corrected chi connectivity index (χ3v) is 4.68. The molecule has 0 bridgehead atoms. The third kappa shape index (κ3) is 4.01. The van der Waals surface area contributed by atoms with Crippen molar-refractivity contribution in [1.82, 2.24) is 4.90 Å². The molecule has 1 saturated heterocycles. The normalized spacial score (nSPS) is 17.4. The smallest absolute Gasteiger partial charge is 0.227 e. The molecule has 1 unspecified atom stereocenters. The van der Waals surface area contributed by atoms with E-state index in [4.69, 9.17) is 0 Å². The Kier molecular flexibility index (Phi) is 5.83. The molecule has 4 heteroatoms. The third-order valence-electron chi connectivity index (χ3n) is 4.68. The van der Waals surface area contributed by atoms with Gasteiger partial charge in [0, 0.05) is 43.5 Å². The number of benzene rings is 1. The van der Waals surface area contributed by atoms with E-state index >= 15 is 0 Å². The second-order valence-electron chi connectivity index (χ2n) is 6.22. The number of nitrogens with one attached hydrogen (secondary N) is 1. The summed E-state index contributed by atoms with van der Waals surface area (Å²) in [7, 11) is 0. The maximum Gasteiger partial charge on any atom is 0.227 e. The van der Waals surface area contributed by atoms with Crippen molar-refractivity contribution in [3.63, 3.8) is 0 Å². The molecule has 1 heterocycles. The number of hydrogen-bond donors (Lipinski definition) is 1. The number of aryl methyl sites for hydroxylation is 1. The molecule has 0 aromatic heterocycles. The zero-order valence-corrected chi connectivity index (χ0v) is 14.4. The Bertz CT molecular complexity index is 507. The number of likely N-dealkylation sites (N-methyl/N-ethyl adjacent to an activating group) is 1. The molecule has 0 radical (unpaired) electrons. The molecule has 0 saturated carbocycles. The van der Waals surface area contributed by atoms with Crippen LogP contribution in [0.15, 0.2) is 18.2 Å². The van der Waals surface area contributed by atoms with Crippen LogP contribution in [-0.4, -0.2) is 43.5 Å². The lowest BCUT2D eigenvalue weighted by Crippen LogP contribution is -2.46. The lowest BCUT2D eigenvalue weighted by Gasteiger charge is -2.36. The van der Waals surface area contributed by atoms with E-state index in [9.17, 15) is 4.79 Å². The van der Waals surface area contributed by atoms with Gasteiger partial charge >= 0.3 is 0 Å². The summed E-state index contributed by atoms with van der Waals surface area (Å²) >= 11 is 0. The van der Waals surface area contributed by atoms with Crippen molar-refractivity contribution in [2.24, 2.45) is 5.92 Å². The number of carbonyl (C=O) groups excluding carboxylic acids is 1. The number of hydrogen-bond acceptors (Lipinski definition) is 3. The fourth-order valence-corrected chi connectivity index (χ4v) is 2.84. The lowest BCUT2D eigenvalue weighted by molar-refractivity contribution is -0.119. The van der Waals surface area contributed by atoms with Crippen LogP contribution in [0.25, 0.3) is 0 Å². The van der Waals surface area contributed by atoms with Crippen molar-refractivity contribution in [2.45, 2.75) is 34.1 Å². The molecule has 1 amide bonds. The van der Waals surface area contributed by atoms with Crippen molar-refractivity contribution in [1.29, 1.82) is 0 Å². The fourth-order valence-electron chi connectivity index (χ4n) is 2.84. The molecule has 22 heavy (non-hydrogen) atoms. The van der Waals surface area contributed by atoms with Gasteiger partial charge in [-0.05, 0) is 43.7 Å². The van der Waals surface area contributed by atoms with Crippen LogP contribution < -0.4 is 10.2 Å². The molecule has 1 aromatic rings. The van der Waals surface area contributed by atoms with Crippen LogP contribution in [-0.2, 0) is 4.79 Å². The summed E-state index contributed by atoms with van der Waals surface area (Å²) in [6, 6.07) is 6.25. The first-order valence-electron chi connectivity index (χ1n) is 8.44. The van der Waals surface area contributed by atoms with Crippen molar-refractivity contribution >= 4 is 17.3 Å². The first-order chi connectivity index (χ1) is 10.5. The van der Waals surface area contributed by atoms with Crippen LogP contribution in [0.1, 0.15) is 32.8 Å². The highest BCUT2D eigenvalue weighted by Gasteiger charge is 2.17. The van der Waals surface area contributed by atoms with Gasteiger partial charge in [-0.15, -0.1) is 0 Å². The molecule has 1 atom stereocenters. The SMILES string of the molecule is CCC(C)C(=O)Nc1ccc(N2CCN(CC)CC2)c(C)c1. The molecule has 2 rings (SSSR count). The summed E-state index contributed by atoms with van der Waals surface area (Å²) in [5.41, 5.74) is 3.42. The molecule has 0 aliphatic carbocycles. The predicted octanol–water partition coefficient (Wildman–Crippen LogP) is 3.12. The van der Waals surface area contributed by atoms with E-state index in [2.05, 4.69) is 41.1 Å². The Morgan fingerprint density at radius 2 is 1.91 bits per heavy atom. The Labute approximate surface area is 134 Å². The summed E-state index contributed by atoms with van der Waals surface area (Å²) in [6.45, 7) is 13.9. The van der Waals surface area contributed by atoms with Gasteiger partial charge in [0.25, 0.3) is 0 Å². The lowest BCUT2D eigenvalue weighted by atomic mass is 10.1. The van der Waals surface area contributed by atoms with Crippen LogP contribution in [0.3, 0.4) is 0 Å². The first-order valence-corrected chi connectivity index (χ1v) is 8.44. The van der Waals surface area contributed by atoms with Gasteiger partial charge < -0.3 is 15.1 Å². The summed E-state index contributed by atoms with van der Waals surface area (Å²) in [5.74, 6) is 0.160. The highest BCUT2D eigenvalue weighted by atomic mass is 16.1. The number of carbonyl (C=O) groups is 1. The maximum absolute atomic E-state index is 12.0. The average molecular weight is 303 g/mol. The Morgan fingerprint density at radius 3 is 2.45 bits per heavy atom. The molecule has 1 aliphatic rings. The van der Waals surface area contributed by atoms with E-state index in [1.54, 1.807) is 0 Å². The van der Waals surface area contributed by atoms with Gasteiger partial charge in [-0.3, -0.25) is 4.79 Å². The van der Waals surface area contributed by atoms with Gasteiger partial charge in [-0.25, -0.2) is 0 Å². The Balaban J connectivity index is 2.02. The van der Waals surface area contributed by atoms with Crippen LogP contribution in [0.5, 0.6) is 0 Å². The molecule has 1 aromatic carbocycles. The molecular formula is C18H29N3O. The molecule has 4 nitrogen and oxygen atoms in total. The van der Waals surface area contributed by atoms with Crippen LogP contribution in [0.4, 0.5) is 11.4 Å². The van der Waals surface area contributed by atoms with E-state index in [-0.39, 0.29) is 11.8 Å². The standard InChI is InChI=1S/C18H29N3O/c1-5-14(3)18(22)19-16-7-8-17(15(4)13-16)21-11-9-20(6-2)10-12-21/h7-8,13-14H,5-6,9-12H2,1-4H3,(H,19,22). The largest absolute Gasteiger partial charge is 0.369 e. The first kappa shape index (κ1) is 16.8. The molecule has 0 spiro atoms. The number of nitrogens with zero attached hydrogens (tertiary/aromatic N) is 2. The van der Waals surface area contributed by atoms with Gasteiger partial charge in [0.1, 0.15) is 0 Å². The highest BCUT2D eigenvalue weighted by molar-refractivity contribution is 5.92. The van der Waals surface area contributed by atoms with Gasteiger partial charge in [0.15, 0.2) is 0 Å². The number of amides is 1. The number of anilines is 2. The minimum absolute atomic E-state index is 0.0575. The van der Waals surface area contributed by atoms with Crippen molar-refractivity contribution < 1.29 is 4.79 Å². The highest BCUT2D eigenvalue weighted by Crippen LogP contribution is 2.25. The van der Waals surface area contributed by atoms with E-state index in [1.807, 2.05) is 19.9 Å². The summed E-state index contributed by atoms with van der Waals surface area (Å²) in [5, 5.41) is 3.01. The van der Waals surface area contributed by atoms with Gasteiger partial charge in [0.2, 0.25) is 5.91 Å². The molecule has 122 valence electrons. The molecular weight excluding hydrogens is 274 g/mol. The minimum atomic E-state index is 0.0575. The zero-order chi connectivity index (χ0) is 16.1. The minimum Gasteiger partial charge on any atom is -0.369 e. The fraction of sp³-hybridized carbons (Fsp3) is 0.611. The predicted molar refractivity (Wildman–Crippen MR) is 93.6 cm³/mol. The van der Waals surface area contributed by atoms with Crippen LogP contribution in [0, 0.1) is 12.8 Å². The molecule has 1 N–H and O–H groups in total. The van der Waals surface area contributed by atoms with Gasteiger partial charge in [-0.1, -0.05) is 20.8 Å². The zero-order valence-electron chi connectivity index (χ0n) is 14.4. The van der Waals surface area contributed by atoms with E-state index in [0.717, 1.165) is 44.8 Å². The maximum atomic E-state index is 12.0. The quantitative estimate of drug-likeness (QED) is 0.908. The van der Waals surface area contributed by atoms with Crippen molar-refractivity contribution in [2.75, 3.05) is 42.9 Å². The van der Waals surface area contributed by atoms with Crippen LogP contribution in [0.2, 0.25) is 0 Å². The van der Waals surface area contributed by atoms with Gasteiger partial charge in [0.05, 0.1) is 0 Å². The van der Waals surface area contributed by atoms with E-state index in [0.29, 0.717) is 0 Å².